The highest BCUT2D eigenvalue weighted by Gasteiger charge is 2.81. The highest BCUT2D eigenvalue weighted by atomic mass is 35.5. The Morgan fingerprint density at radius 2 is 1.73 bits per heavy atom. The maximum absolute atomic E-state index is 13.5. The zero-order valence-electron chi connectivity index (χ0n) is 15.8. The molecule has 1 aliphatic carbocycles. The van der Waals surface area contributed by atoms with Gasteiger partial charge in [0.05, 0.1) is 0 Å². The minimum Gasteiger partial charge on any atom is -0.480 e. The maximum Gasteiger partial charge on any atom is 0.326 e. The highest BCUT2D eigenvalue weighted by molar-refractivity contribution is 7.91. The minimum absolute atomic E-state index is 0.156. The van der Waals surface area contributed by atoms with E-state index in [0.29, 0.717) is 17.9 Å². The van der Waals surface area contributed by atoms with Crippen molar-refractivity contribution in [3.05, 3.63) is 77.3 Å². The Hall–Kier alpha value is -2.19. The summed E-state index contributed by atoms with van der Waals surface area (Å²) in [6.45, 7) is 0.192. The first-order valence-electron chi connectivity index (χ1n) is 9.49. The molecule has 0 bridgehead atoms. The predicted octanol–water partition coefficient (Wildman–Crippen LogP) is 4.63. The normalized spacial score (nSPS) is 25.8. The number of carbonyl (C=O) groups is 1. The second kappa shape index (κ2) is 6.65. The second-order valence-corrected chi connectivity index (χ2v) is 11.4. The van der Waals surface area contributed by atoms with Gasteiger partial charge in [0.15, 0.2) is 0 Å². The van der Waals surface area contributed by atoms with Gasteiger partial charge in [0.25, 0.3) is 10.0 Å². The predicted molar refractivity (Wildman–Crippen MR) is 116 cm³/mol. The molecule has 1 saturated heterocycles. The van der Waals surface area contributed by atoms with Crippen LogP contribution in [0.15, 0.2) is 70.9 Å². The molecule has 2 aliphatic rings. The van der Waals surface area contributed by atoms with Crippen molar-refractivity contribution < 1.29 is 18.3 Å². The summed E-state index contributed by atoms with van der Waals surface area (Å²) in [5, 5.41) is 10.7. The molecule has 1 aliphatic heterocycles. The molecular weight excluding hydrogens is 442 g/mol. The fourth-order valence-corrected chi connectivity index (χ4v) is 8.14. The minimum atomic E-state index is -3.95. The summed E-state index contributed by atoms with van der Waals surface area (Å²) in [5.41, 5.74) is -0.329. The van der Waals surface area contributed by atoms with Crippen LogP contribution in [0.5, 0.6) is 0 Å². The van der Waals surface area contributed by atoms with Gasteiger partial charge in [0.1, 0.15) is 9.75 Å². The lowest BCUT2D eigenvalue weighted by Gasteiger charge is -2.24. The van der Waals surface area contributed by atoms with Crippen LogP contribution in [0.2, 0.25) is 5.02 Å². The lowest BCUT2D eigenvalue weighted by Crippen LogP contribution is -2.46. The summed E-state index contributed by atoms with van der Waals surface area (Å²) >= 11 is 7.08. The summed E-state index contributed by atoms with van der Waals surface area (Å²) in [4.78, 5) is 13.2. The first kappa shape index (κ1) is 19.8. The monoisotopic (exact) mass is 459 g/mol. The number of carboxylic acid groups (broad SMARTS) is 1. The molecule has 5 nitrogen and oxygen atoms in total. The van der Waals surface area contributed by atoms with Crippen LogP contribution in [-0.4, -0.2) is 35.9 Å². The number of piperidine rings is 1. The number of aliphatic carboxylic acids is 1. The molecule has 2 fully saturated rings. The van der Waals surface area contributed by atoms with Crippen LogP contribution in [0.3, 0.4) is 0 Å². The summed E-state index contributed by atoms with van der Waals surface area (Å²) in [5.74, 6) is -1.08. The van der Waals surface area contributed by atoms with Crippen LogP contribution < -0.4 is 0 Å². The fraction of sp³-hybridized carbons (Fsp3) is 0.227. The number of benzene rings is 2. The van der Waals surface area contributed by atoms with Crippen molar-refractivity contribution >= 4 is 38.9 Å². The SMILES string of the molecule is O=C(O)[C@@]12C[C@]1(c1ccccc1)CCN2S(=O)(=O)c1ccc(-c2ccc(Cl)cc2)s1. The van der Waals surface area contributed by atoms with Crippen molar-refractivity contribution in [3.63, 3.8) is 0 Å². The van der Waals surface area contributed by atoms with Gasteiger partial charge in [-0.1, -0.05) is 54.1 Å². The Morgan fingerprint density at radius 3 is 2.40 bits per heavy atom. The Labute approximate surface area is 183 Å². The highest BCUT2D eigenvalue weighted by Crippen LogP contribution is 2.68. The molecule has 2 heterocycles. The molecule has 30 heavy (non-hydrogen) atoms. The summed E-state index contributed by atoms with van der Waals surface area (Å²) < 4.78 is 28.4. The molecule has 0 unspecified atom stereocenters. The average molecular weight is 460 g/mol. The fourth-order valence-electron chi connectivity index (χ4n) is 4.79. The van der Waals surface area contributed by atoms with E-state index in [2.05, 4.69) is 0 Å². The van der Waals surface area contributed by atoms with Gasteiger partial charge in [0.2, 0.25) is 0 Å². The van der Waals surface area contributed by atoms with E-state index >= 15 is 0 Å². The molecule has 0 radical (unpaired) electrons. The van der Waals surface area contributed by atoms with Crippen molar-refractivity contribution in [1.29, 1.82) is 0 Å². The lowest BCUT2D eigenvalue weighted by molar-refractivity contribution is -0.142. The zero-order chi connectivity index (χ0) is 21.1. The molecule has 0 spiro atoms. The van der Waals surface area contributed by atoms with Crippen molar-refractivity contribution in [2.75, 3.05) is 6.54 Å². The molecule has 1 N–H and O–H groups in total. The van der Waals surface area contributed by atoms with Gasteiger partial charge >= 0.3 is 5.97 Å². The first-order valence-corrected chi connectivity index (χ1v) is 12.1. The van der Waals surface area contributed by atoms with E-state index in [1.165, 1.54) is 4.31 Å². The van der Waals surface area contributed by atoms with Crippen LogP contribution in [0.4, 0.5) is 0 Å². The van der Waals surface area contributed by atoms with Crippen molar-refractivity contribution in [2.45, 2.75) is 28.0 Å². The second-order valence-electron chi connectivity index (χ2n) is 7.74. The Kier molecular flexibility index (Phi) is 4.38. The smallest absolute Gasteiger partial charge is 0.326 e. The number of rotatable bonds is 5. The standard InChI is InChI=1S/C22H18ClNO4S2/c23-17-8-6-15(7-9-17)18-10-11-19(29-18)30(27,28)24-13-12-21(14-22(21,24)20(25)26)16-4-2-1-3-5-16/h1-11H,12-14H2,(H,25,26)/t21-,22-/m0/s1. The molecular formula is C22H18ClNO4S2. The number of halogens is 1. The van der Waals surface area contributed by atoms with Gasteiger partial charge in [0, 0.05) is 21.9 Å². The average Bonchev–Trinajstić information content (AvgIpc) is 3.05. The van der Waals surface area contributed by atoms with Gasteiger partial charge in [-0.25, -0.2) is 8.42 Å². The third-order valence-corrected chi connectivity index (χ3v) is 10.1. The topological polar surface area (TPSA) is 74.7 Å². The number of nitrogens with zero attached hydrogens (tertiary/aromatic N) is 1. The van der Waals surface area contributed by atoms with Gasteiger partial charge < -0.3 is 5.11 Å². The van der Waals surface area contributed by atoms with E-state index in [4.69, 9.17) is 11.6 Å². The number of sulfonamides is 1. The molecule has 1 saturated carbocycles. The zero-order valence-corrected chi connectivity index (χ0v) is 18.2. The molecule has 0 amide bonds. The van der Waals surface area contributed by atoms with Crippen LogP contribution >= 0.6 is 22.9 Å². The van der Waals surface area contributed by atoms with Gasteiger partial charge in [-0.3, -0.25) is 4.79 Å². The molecule has 2 atom stereocenters. The van der Waals surface area contributed by atoms with E-state index in [1.807, 2.05) is 42.5 Å². The van der Waals surface area contributed by atoms with Crippen molar-refractivity contribution in [2.24, 2.45) is 0 Å². The van der Waals surface area contributed by atoms with E-state index in [0.717, 1.165) is 27.3 Å². The molecule has 5 rings (SSSR count). The number of carboxylic acids is 1. The van der Waals surface area contributed by atoms with Crippen LogP contribution in [0.25, 0.3) is 10.4 Å². The molecule has 2 aromatic carbocycles. The molecule has 154 valence electrons. The Bertz CT molecular complexity index is 1240. The first-order chi connectivity index (χ1) is 14.3. The number of fused-ring (bicyclic) bond motifs is 1. The van der Waals surface area contributed by atoms with E-state index < -0.39 is 26.9 Å². The number of hydrogen-bond donors (Lipinski definition) is 1. The molecule has 3 aromatic rings. The van der Waals surface area contributed by atoms with Gasteiger partial charge in [-0.2, -0.15) is 4.31 Å². The molecule has 8 heteroatoms. The molecule has 1 aromatic heterocycles. The van der Waals surface area contributed by atoms with Crippen LogP contribution in [0, 0.1) is 0 Å². The Balaban J connectivity index is 1.53. The van der Waals surface area contributed by atoms with Gasteiger partial charge in [-0.05, 0) is 48.2 Å². The van der Waals surface area contributed by atoms with E-state index in [9.17, 15) is 18.3 Å². The lowest BCUT2D eigenvalue weighted by atomic mass is 9.90. The van der Waals surface area contributed by atoms with Crippen molar-refractivity contribution in [3.8, 4) is 10.4 Å². The summed E-state index contributed by atoms with van der Waals surface area (Å²) in [7, 11) is -3.95. The number of hydrogen-bond acceptors (Lipinski definition) is 4. The van der Waals surface area contributed by atoms with Crippen LogP contribution in [0.1, 0.15) is 18.4 Å². The third kappa shape index (κ3) is 2.62. The van der Waals surface area contributed by atoms with Crippen molar-refractivity contribution in [1.82, 2.24) is 4.31 Å². The Morgan fingerprint density at radius 1 is 1.03 bits per heavy atom. The summed E-state index contributed by atoms with van der Waals surface area (Å²) in [6, 6.07) is 19.9. The van der Waals surface area contributed by atoms with Gasteiger partial charge in [-0.15, -0.1) is 11.3 Å². The summed E-state index contributed by atoms with van der Waals surface area (Å²) in [6.07, 6.45) is 0.798. The third-order valence-electron chi connectivity index (χ3n) is 6.33. The van der Waals surface area contributed by atoms with E-state index in [1.54, 1.807) is 24.3 Å². The number of thiophene rings is 1. The maximum atomic E-state index is 13.5. The quantitative estimate of drug-likeness (QED) is 0.603. The van der Waals surface area contributed by atoms with E-state index in [-0.39, 0.29) is 10.8 Å². The largest absolute Gasteiger partial charge is 0.480 e. The van der Waals surface area contributed by atoms with Crippen LogP contribution in [-0.2, 0) is 20.2 Å².